The number of rotatable bonds is 6. The average Bonchev–Trinajstić information content (AvgIpc) is 2.66. The van der Waals surface area contributed by atoms with Gasteiger partial charge in [0.1, 0.15) is 6.29 Å². The molecule has 0 atom stereocenters. The Hall–Kier alpha value is -1.23. The van der Waals surface area contributed by atoms with Gasteiger partial charge in [-0.1, -0.05) is 66.4 Å². The van der Waals surface area contributed by atoms with Crippen LogP contribution in [0.25, 0.3) is 0 Å². The van der Waals surface area contributed by atoms with Gasteiger partial charge in [-0.3, -0.25) is 0 Å². The third-order valence-electron chi connectivity index (χ3n) is 4.68. The smallest absolute Gasteiger partial charge is 0.168 e. The highest BCUT2D eigenvalue weighted by Gasteiger charge is 2.55. The molecule has 1 fully saturated rings. The van der Waals surface area contributed by atoms with Gasteiger partial charge in [0.05, 0.1) is 3.70 Å². The van der Waals surface area contributed by atoms with Crippen molar-refractivity contribution in [2.45, 2.75) is 16.5 Å². The molecule has 0 saturated carbocycles. The maximum absolute atomic E-state index is 11.7. The molecule has 0 N–H and O–H groups in total. The van der Waals surface area contributed by atoms with Gasteiger partial charge in [0.2, 0.25) is 0 Å². The van der Waals surface area contributed by atoms with Crippen molar-refractivity contribution in [2.75, 3.05) is 11.5 Å². The minimum Gasteiger partial charge on any atom is -0.303 e. The van der Waals surface area contributed by atoms with Gasteiger partial charge >= 0.3 is 0 Å². The van der Waals surface area contributed by atoms with Crippen molar-refractivity contribution in [2.24, 2.45) is 0 Å². The van der Waals surface area contributed by atoms with E-state index in [1.54, 1.807) is 0 Å². The fourth-order valence-electron chi connectivity index (χ4n) is 3.59. The van der Waals surface area contributed by atoms with E-state index < -0.39 is 8.07 Å². The molecule has 0 unspecified atom stereocenters. The molecule has 1 heterocycles. The number of carbonyl (C=O) groups excluding carboxylic acids is 1. The lowest BCUT2D eigenvalue weighted by Crippen LogP contribution is -2.70. The van der Waals surface area contributed by atoms with Crippen LogP contribution in [0.5, 0.6) is 0 Å². The normalized spacial score (nSPS) is 17.2. The molecular weight excluding hydrogens is 348 g/mol. The van der Waals surface area contributed by atoms with Gasteiger partial charge in [0, 0.05) is 6.42 Å². The Morgan fingerprint density at radius 1 is 0.958 bits per heavy atom. The van der Waals surface area contributed by atoms with Crippen LogP contribution < -0.4 is 10.4 Å². The Bertz CT molecular complexity index is 642. The van der Waals surface area contributed by atoms with Gasteiger partial charge in [-0.25, -0.2) is 0 Å². The van der Waals surface area contributed by atoms with Crippen molar-refractivity contribution < 1.29 is 4.79 Å². The lowest BCUT2D eigenvalue weighted by Gasteiger charge is -2.48. The molecule has 0 aliphatic carbocycles. The standard InChI is InChI=1S/C20H22OS2Si/c1-2-24(18-10-5-3-6-11-18,19-12-7-4-8-13-19)20(14-15-21)22-16-9-17-23-20/h2-8,10-13,15H,1,9,14,16-17H2. The molecule has 3 rings (SSSR count). The number of carbonyl (C=O) groups is 1. The largest absolute Gasteiger partial charge is 0.303 e. The Balaban J connectivity index is 2.28. The molecule has 0 aromatic heterocycles. The summed E-state index contributed by atoms with van der Waals surface area (Å²) in [6, 6.07) is 21.5. The second kappa shape index (κ2) is 7.77. The Kier molecular flexibility index (Phi) is 5.69. The van der Waals surface area contributed by atoms with E-state index in [0.717, 1.165) is 17.8 Å². The minimum absolute atomic E-state index is 0.114. The van der Waals surface area contributed by atoms with Crippen LogP contribution in [0.1, 0.15) is 12.8 Å². The van der Waals surface area contributed by atoms with Gasteiger partial charge in [-0.05, 0) is 28.3 Å². The highest BCUT2D eigenvalue weighted by molar-refractivity contribution is 8.21. The second-order valence-electron chi connectivity index (χ2n) is 5.92. The fourth-order valence-corrected chi connectivity index (χ4v) is 14.4. The molecule has 1 nitrogen and oxygen atoms in total. The molecular formula is C20H22OS2Si. The maximum Gasteiger partial charge on any atom is 0.168 e. The Morgan fingerprint density at radius 3 is 1.88 bits per heavy atom. The summed E-state index contributed by atoms with van der Waals surface area (Å²) in [4.78, 5) is 11.7. The van der Waals surface area contributed by atoms with Gasteiger partial charge < -0.3 is 4.79 Å². The summed E-state index contributed by atoms with van der Waals surface area (Å²) in [6.45, 7) is 4.31. The highest BCUT2D eigenvalue weighted by atomic mass is 32.2. The number of hydrogen-bond acceptors (Lipinski definition) is 3. The van der Waals surface area contributed by atoms with E-state index in [1.807, 2.05) is 23.5 Å². The van der Waals surface area contributed by atoms with Crippen LogP contribution in [0, 0.1) is 0 Å². The lowest BCUT2D eigenvalue weighted by molar-refractivity contribution is -0.107. The van der Waals surface area contributed by atoms with Crippen molar-refractivity contribution in [3.8, 4) is 0 Å². The fraction of sp³-hybridized carbons (Fsp3) is 0.250. The van der Waals surface area contributed by atoms with Crippen molar-refractivity contribution in [1.29, 1.82) is 0 Å². The van der Waals surface area contributed by atoms with E-state index >= 15 is 0 Å². The lowest BCUT2D eigenvalue weighted by atomic mass is 10.4. The summed E-state index contributed by atoms with van der Waals surface area (Å²) in [5, 5.41) is 2.69. The first kappa shape index (κ1) is 17.6. The zero-order chi connectivity index (χ0) is 16.9. The molecule has 4 heteroatoms. The quantitative estimate of drug-likeness (QED) is 0.570. The predicted octanol–water partition coefficient (Wildman–Crippen LogP) is 3.67. The van der Waals surface area contributed by atoms with Crippen LogP contribution in [-0.4, -0.2) is 29.6 Å². The van der Waals surface area contributed by atoms with Crippen LogP contribution in [0.3, 0.4) is 0 Å². The number of benzene rings is 2. The zero-order valence-corrected chi connectivity index (χ0v) is 16.3. The SMILES string of the molecule is C=C[Si](c1ccccc1)(c1ccccc1)C1(CC=O)SCCCS1. The third-order valence-corrected chi connectivity index (χ3v) is 14.9. The zero-order valence-electron chi connectivity index (χ0n) is 13.7. The first-order valence-electron chi connectivity index (χ1n) is 8.25. The summed E-state index contributed by atoms with van der Waals surface area (Å²) in [5.74, 6) is 2.23. The summed E-state index contributed by atoms with van der Waals surface area (Å²) < 4.78 is -0.114. The topological polar surface area (TPSA) is 17.1 Å². The number of aldehydes is 1. The number of thioether (sulfide) groups is 2. The molecule has 24 heavy (non-hydrogen) atoms. The number of hydrogen-bond donors (Lipinski definition) is 0. The first-order chi connectivity index (χ1) is 11.8. The van der Waals surface area contributed by atoms with Crippen LogP contribution in [0.2, 0.25) is 0 Å². The van der Waals surface area contributed by atoms with Gasteiger partial charge in [0.25, 0.3) is 0 Å². The Labute approximate surface area is 154 Å². The van der Waals surface area contributed by atoms with Crippen LogP contribution in [0.4, 0.5) is 0 Å². The monoisotopic (exact) mass is 370 g/mol. The second-order valence-corrected chi connectivity index (χ2v) is 13.7. The molecule has 0 radical (unpaired) electrons. The van der Waals surface area contributed by atoms with Crippen LogP contribution in [0.15, 0.2) is 72.9 Å². The van der Waals surface area contributed by atoms with Gasteiger partial charge in [-0.15, -0.1) is 30.1 Å². The van der Waals surface area contributed by atoms with E-state index in [1.165, 1.54) is 16.8 Å². The molecule has 0 amide bonds. The van der Waals surface area contributed by atoms with E-state index in [9.17, 15) is 4.79 Å². The molecule has 2 aromatic rings. The van der Waals surface area contributed by atoms with E-state index in [0.29, 0.717) is 6.42 Å². The summed E-state index contributed by atoms with van der Waals surface area (Å²) in [6.07, 6.45) is 2.90. The third kappa shape index (κ3) is 2.91. The van der Waals surface area contributed by atoms with E-state index in [-0.39, 0.29) is 3.70 Å². The molecule has 0 spiro atoms. The molecule has 1 saturated heterocycles. The molecule has 124 valence electrons. The highest BCUT2D eigenvalue weighted by Crippen LogP contribution is 2.50. The summed E-state index contributed by atoms with van der Waals surface area (Å²) in [5.41, 5.74) is 2.20. The minimum atomic E-state index is -2.33. The van der Waals surface area contributed by atoms with Crippen molar-refractivity contribution >= 4 is 48.3 Å². The predicted molar refractivity (Wildman–Crippen MR) is 111 cm³/mol. The van der Waals surface area contributed by atoms with Gasteiger partial charge in [0.15, 0.2) is 8.07 Å². The van der Waals surface area contributed by atoms with Crippen molar-refractivity contribution in [3.63, 3.8) is 0 Å². The van der Waals surface area contributed by atoms with Crippen LogP contribution >= 0.6 is 23.5 Å². The summed E-state index contributed by atoms with van der Waals surface area (Å²) >= 11 is 3.96. The maximum atomic E-state index is 11.7. The molecule has 1 aliphatic heterocycles. The average molecular weight is 371 g/mol. The van der Waals surface area contributed by atoms with Crippen LogP contribution in [-0.2, 0) is 4.79 Å². The van der Waals surface area contributed by atoms with Crippen molar-refractivity contribution in [1.82, 2.24) is 0 Å². The Morgan fingerprint density at radius 2 is 1.46 bits per heavy atom. The molecule has 2 aromatic carbocycles. The first-order valence-corrected chi connectivity index (χ1v) is 12.3. The van der Waals surface area contributed by atoms with Gasteiger partial charge in [-0.2, -0.15) is 0 Å². The molecule has 0 bridgehead atoms. The summed E-state index contributed by atoms with van der Waals surface area (Å²) in [7, 11) is -2.33. The van der Waals surface area contributed by atoms with E-state index in [2.05, 4.69) is 72.9 Å². The molecule has 1 aliphatic rings. The van der Waals surface area contributed by atoms with Crippen molar-refractivity contribution in [3.05, 3.63) is 72.9 Å². The van der Waals surface area contributed by atoms with E-state index in [4.69, 9.17) is 0 Å².